The van der Waals surface area contributed by atoms with Crippen molar-refractivity contribution in [1.82, 2.24) is 9.71 Å². The molecule has 1 atom stereocenters. The molecule has 180 valence electrons. The van der Waals surface area contributed by atoms with Crippen LogP contribution in [0.3, 0.4) is 0 Å². The van der Waals surface area contributed by atoms with Crippen molar-refractivity contribution in [3.05, 3.63) is 81.5 Å². The summed E-state index contributed by atoms with van der Waals surface area (Å²) in [6, 6.07) is 5.07. The largest absolute Gasteiger partial charge is 0.469 e. The van der Waals surface area contributed by atoms with Crippen LogP contribution in [0.25, 0.3) is 11.1 Å². The fourth-order valence-corrected chi connectivity index (χ4v) is 3.98. The van der Waals surface area contributed by atoms with E-state index >= 15 is 0 Å². The van der Waals surface area contributed by atoms with E-state index in [1.54, 1.807) is 4.72 Å². The predicted octanol–water partition coefficient (Wildman–Crippen LogP) is 5.10. The Balaban J connectivity index is 2.16. The number of hydrogen-bond donors (Lipinski definition) is 1. The first-order valence-electron chi connectivity index (χ1n) is 9.57. The lowest BCUT2D eigenvalue weighted by Gasteiger charge is -2.20. The standard InChI is InChI=1S/C22H17ClF4N2O4S/c1-10-7-14(23)20(27)19(21(30)29-34(3,31)32)18(10)12-5-4-6-28-22(12)33-11(2)13-8-16(25)17(26)9-15(13)24/h4-9,11H,1-3H3,(H,29,30)/t11-/m0/s1. The van der Waals surface area contributed by atoms with Crippen LogP contribution in [0.2, 0.25) is 5.02 Å². The Bertz CT molecular complexity index is 1400. The van der Waals surface area contributed by atoms with Crippen molar-refractivity contribution in [2.24, 2.45) is 0 Å². The predicted molar refractivity (Wildman–Crippen MR) is 117 cm³/mol. The van der Waals surface area contributed by atoms with Crippen LogP contribution in [0.15, 0.2) is 36.5 Å². The van der Waals surface area contributed by atoms with Gasteiger partial charge in [0.25, 0.3) is 5.91 Å². The molecule has 34 heavy (non-hydrogen) atoms. The molecule has 0 fully saturated rings. The molecule has 1 N–H and O–H groups in total. The molecule has 0 radical (unpaired) electrons. The van der Waals surface area contributed by atoms with Gasteiger partial charge in [0.1, 0.15) is 11.9 Å². The molecule has 1 heterocycles. The summed E-state index contributed by atoms with van der Waals surface area (Å²) in [7, 11) is -4.05. The van der Waals surface area contributed by atoms with E-state index in [-0.39, 0.29) is 28.1 Å². The number of nitrogens with zero attached hydrogens (tertiary/aromatic N) is 1. The Kier molecular flexibility index (Phi) is 7.18. The second-order valence-electron chi connectivity index (χ2n) is 7.35. The van der Waals surface area contributed by atoms with Crippen LogP contribution in [-0.4, -0.2) is 25.6 Å². The Morgan fingerprint density at radius 3 is 2.41 bits per heavy atom. The molecule has 0 spiro atoms. The van der Waals surface area contributed by atoms with Crippen LogP contribution in [0.5, 0.6) is 5.88 Å². The van der Waals surface area contributed by atoms with E-state index in [9.17, 15) is 30.8 Å². The van der Waals surface area contributed by atoms with E-state index in [0.29, 0.717) is 12.1 Å². The van der Waals surface area contributed by atoms with Crippen LogP contribution in [0, 0.1) is 30.2 Å². The van der Waals surface area contributed by atoms with Gasteiger partial charge in [0.05, 0.1) is 16.8 Å². The highest BCUT2D eigenvalue weighted by Gasteiger charge is 2.27. The number of hydrogen-bond acceptors (Lipinski definition) is 5. The van der Waals surface area contributed by atoms with Crippen molar-refractivity contribution in [3.63, 3.8) is 0 Å². The third kappa shape index (κ3) is 5.31. The molecule has 12 heteroatoms. The van der Waals surface area contributed by atoms with Gasteiger partial charge in [-0.05, 0) is 43.7 Å². The third-order valence-electron chi connectivity index (χ3n) is 4.73. The van der Waals surface area contributed by atoms with Gasteiger partial charge in [0.15, 0.2) is 17.5 Å². The number of ether oxygens (including phenoxy) is 1. The number of aryl methyl sites for hydroxylation is 1. The van der Waals surface area contributed by atoms with Gasteiger partial charge in [0, 0.05) is 29.0 Å². The van der Waals surface area contributed by atoms with Gasteiger partial charge in [-0.3, -0.25) is 4.79 Å². The number of amides is 1. The number of halogens is 5. The first-order valence-corrected chi connectivity index (χ1v) is 11.8. The average molecular weight is 517 g/mol. The minimum atomic E-state index is -4.05. The minimum absolute atomic E-state index is 0.0454. The fraction of sp³-hybridized carbons (Fsp3) is 0.182. The monoisotopic (exact) mass is 516 g/mol. The van der Waals surface area contributed by atoms with Gasteiger partial charge in [-0.15, -0.1) is 0 Å². The van der Waals surface area contributed by atoms with Crippen molar-refractivity contribution in [2.75, 3.05) is 6.26 Å². The molecular weight excluding hydrogens is 500 g/mol. The van der Waals surface area contributed by atoms with Gasteiger partial charge in [-0.25, -0.2) is 35.7 Å². The number of nitrogens with one attached hydrogen (secondary N) is 1. The number of carbonyl (C=O) groups is 1. The lowest BCUT2D eigenvalue weighted by atomic mass is 9.94. The average Bonchev–Trinajstić information content (AvgIpc) is 2.72. The zero-order valence-electron chi connectivity index (χ0n) is 17.9. The summed E-state index contributed by atoms with van der Waals surface area (Å²) in [5, 5.41) is -0.427. The summed E-state index contributed by atoms with van der Waals surface area (Å²) in [4.78, 5) is 16.7. The molecule has 0 aliphatic rings. The SMILES string of the molecule is Cc1cc(Cl)c(F)c(C(=O)NS(C)(=O)=O)c1-c1cccnc1O[C@@H](C)c1cc(F)c(F)cc1F. The first-order chi connectivity index (χ1) is 15.8. The van der Waals surface area contributed by atoms with Crippen molar-refractivity contribution in [3.8, 4) is 17.0 Å². The van der Waals surface area contributed by atoms with Crippen LogP contribution in [0.1, 0.15) is 34.5 Å². The normalized spacial score (nSPS) is 12.4. The Hall–Kier alpha value is -3.18. The van der Waals surface area contributed by atoms with E-state index in [2.05, 4.69) is 4.98 Å². The molecule has 6 nitrogen and oxygen atoms in total. The quantitative estimate of drug-likeness (QED) is 0.364. The Labute approximate surface area is 197 Å². The highest BCUT2D eigenvalue weighted by atomic mass is 35.5. The van der Waals surface area contributed by atoms with Crippen LogP contribution in [0.4, 0.5) is 17.6 Å². The second kappa shape index (κ2) is 9.59. The lowest BCUT2D eigenvalue weighted by molar-refractivity contribution is 0.0978. The molecule has 1 aromatic heterocycles. The summed E-state index contributed by atoms with van der Waals surface area (Å²) in [6.07, 6.45) is 0.830. The number of carbonyl (C=O) groups excluding carboxylic acids is 1. The van der Waals surface area contributed by atoms with E-state index in [1.165, 1.54) is 38.2 Å². The van der Waals surface area contributed by atoms with Crippen molar-refractivity contribution in [2.45, 2.75) is 20.0 Å². The maximum absolute atomic E-state index is 15.0. The van der Waals surface area contributed by atoms with Crippen molar-refractivity contribution in [1.29, 1.82) is 0 Å². The van der Waals surface area contributed by atoms with Crippen molar-refractivity contribution < 1.29 is 35.5 Å². The highest BCUT2D eigenvalue weighted by molar-refractivity contribution is 7.89. The smallest absolute Gasteiger partial charge is 0.268 e. The molecule has 0 unspecified atom stereocenters. The molecule has 0 aliphatic carbocycles. The number of rotatable bonds is 6. The number of aromatic nitrogens is 1. The molecule has 0 saturated carbocycles. The van der Waals surface area contributed by atoms with E-state index in [0.717, 1.165) is 6.26 Å². The lowest BCUT2D eigenvalue weighted by Crippen LogP contribution is -2.30. The zero-order valence-corrected chi connectivity index (χ0v) is 19.5. The van der Waals surface area contributed by atoms with Crippen LogP contribution < -0.4 is 9.46 Å². The summed E-state index contributed by atoms with van der Waals surface area (Å²) >= 11 is 5.88. The summed E-state index contributed by atoms with van der Waals surface area (Å²) in [5.74, 6) is -6.40. The Morgan fingerprint density at radius 1 is 1.12 bits per heavy atom. The number of pyridine rings is 1. The number of benzene rings is 2. The maximum atomic E-state index is 15.0. The molecule has 3 aromatic rings. The topological polar surface area (TPSA) is 85.4 Å². The van der Waals surface area contributed by atoms with Gasteiger partial charge < -0.3 is 4.74 Å². The Morgan fingerprint density at radius 2 is 1.76 bits per heavy atom. The molecule has 0 bridgehead atoms. The van der Waals surface area contributed by atoms with E-state index in [4.69, 9.17) is 16.3 Å². The summed E-state index contributed by atoms with van der Waals surface area (Å²) in [6.45, 7) is 2.84. The first kappa shape index (κ1) is 25.4. The van der Waals surface area contributed by atoms with E-state index in [1.807, 2.05) is 0 Å². The molecule has 3 rings (SSSR count). The maximum Gasteiger partial charge on any atom is 0.268 e. The fourth-order valence-electron chi connectivity index (χ4n) is 3.29. The second-order valence-corrected chi connectivity index (χ2v) is 9.50. The molecule has 2 aromatic carbocycles. The van der Waals surface area contributed by atoms with Gasteiger partial charge in [-0.1, -0.05) is 11.6 Å². The summed E-state index contributed by atoms with van der Waals surface area (Å²) in [5.41, 5.74) is -0.757. The van der Waals surface area contributed by atoms with Gasteiger partial charge in [0.2, 0.25) is 15.9 Å². The molecule has 1 amide bonds. The van der Waals surface area contributed by atoms with Gasteiger partial charge in [-0.2, -0.15) is 0 Å². The van der Waals surface area contributed by atoms with Gasteiger partial charge >= 0.3 is 0 Å². The molecule has 0 saturated heterocycles. The summed E-state index contributed by atoms with van der Waals surface area (Å²) < 4.78 is 86.7. The van der Waals surface area contributed by atoms with Crippen LogP contribution in [-0.2, 0) is 10.0 Å². The molecule has 0 aliphatic heterocycles. The highest BCUT2D eigenvalue weighted by Crippen LogP contribution is 2.39. The third-order valence-corrected chi connectivity index (χ3v) is 5.56. The minimum Gasteiger partial charge on any atom is -0.469 e. The molecular formula is C22H17ClF4N2O4S. The van der Waals surface area contributed by atoms with E-state index < -0.39 is 55.9 Å². The number of sulfonamides is 1. The zero-order chi connectivity index (χ0) is 25.4. The van der Waals surface area contributed by atoms with Crippen LogP contribution >= 0.6 is 11.6 Å². The van der Waals surface area contributed by atoms with Crippen molar-refractivity contribution >= 4 is 27.5 Å².